The van der Waals surface area contributed by atoms with Gasteiger partial charge >= 0.3 is 0 Å². The molecule has 0 aliphatic heterocycles. The predicted octanol–water partition coefficient (Wildman–Crippen LogP) is 2.59. The van der Waals surface area contributed by atoms with Gasteiger partial charge in [0.05, 0.1) is 12.4 Å². The van der Waals surface area contributed by atoms with Gasteiger partial charge in [0.1, 0.15) is 5.75 Å². The highest BCUT2D eigenvalue weighted by molar-refractivity contribution is 7.85. The monoisotopic (exact) mass is 267 g/mol. The Morgan fingerprint density at radius 2 is 2.11 bits per heavy atom. The Morgan fingerprint density at radius 3 is 2.83 bits per heavy atom. The van der Waals surface area contributed by atoms with Crippen LogP contribution in [0.3, 0.4) is 0 Å². The van der Waals surface area contributed by atoms with Crippen molar-refractivity contribution < 1.29 is 8.95 Å². The first kappa shape index (κ1) is 13.4. The van der Waals surface area contributed by atoms with Crippen molar-refractivity contribution in [1.29, 1.82) is 0 Å². The molecule has 0 bridgehead atoms. The van der Waals surface area contributed by atoms with Crippen LogP contribution in [0.15, 0.2) is 24.3 Å². The lowest BCUT2D eigenvalue weighted by Crippen LogP contribution is -2.15. The van der Waals surface area contributed by atoms with E-state index in [2.05, 4.69) is 0 Å². The summed E-state index contributed by atoms with van der Waals surface area (Å²) in [7, 11) is -0.745. The van der Waals surface area contributed by atoms with E-state index < -0.39 is 10.8 Å². The van der Waals surface area contributed by atoms with Crippen LogP contribution in [0.4, 0.5) is 5.69 Å². The lowest BCUT2D eigenvalue weighted by Gasteiger charge is -2.09. The number of anilines is 1. The van der Waals surface area contributed by atoms with E-state index in [1.807, 2.05) is 18.2 Å². The minimum atomic E-state index is -0.745. The molecule has 0 heterocycles. The minimum Gasteiger partial charge on any atom is -0.493 e. The third kappa shape index (κ3) is 4.33. The Morgan fingerprint density at radius 1 is 1.33 bits per heavy atom. The first-order valence-electron chi connectivity index (χ1n) is 6.57. The van der Waals surface area contributed by atoms with Crippen LogP contribution in [0.2, 0.25) is 0 Å². The van der Waals surface area contributed by atoms with Crippen molar-refractivity contribution in [2.75, 3.05) is 23.8 Å². The van der Waals surface area contributed by atoms with E-state index in [1.54, 1.807) is 6.07 Å². The molecular formula is C14H21NO2S. The summed E-state index contributed by atoms with van der Waals surface area (Å²) >= 11 is 0. The highest BCUT2D eigenvalue weighted by Crippen LogP contribution is 2.25. The number of rotatable bonds is 6. The third-order valence-electron chi connectivity index (χ3n) is 3.33. The van der Waals surface area contributed by atoms with Gasteiger partial charge in [0, 0.05) is 28.3 Å². The maximum absolute atomic E-state index is 11.9. The van der Waals surface area contributed by atoms with Gasteiger partial charge in [-0.3, -0.25) is 4.21 Å². The molecule has 1 unspecified atom stereocenters. The van der Waals surface area contributed by atoms with Crippen molar-refractivity contribution in [3.63, 3.8) is 0 Å². The van der Waals surface area contributed by atoms with Gasteiger partial charge in [0.15, 0.2) is 0 Å². The average Bonchev–Trinajstić information content (AvgIpc) is 2.82. The van der Waals surface area contributed by atoms with Crippen LogP contribution < -0.4 is 10.5 Å². The summed E-state index contributed by atoms with van der Waals surface area (Å²) < 4.78 is 17.4. The molecule has 1 atom stereocenters. The van der Waals surface area contributed by atoms with E-state index in [9.17, 15) is 4.21 Å². The summed E-state index contributed by atoms with van der Waals surface area (Å²) in [5.41, 5.74) is 6.35. The van der Waals surface area contributed by atoms with Crippen molar-refractivity contribution in [2.45, 2.75) is 25.7 Å². The normalized spacial score (nSPS) is 17.8. The van der Waals surface area contributed by atoms with Crippen molar-refractivity contribution in [2.24, 2.45) is 5.92 Å². The third-order valence-corrected chi connectivity index (χ3v) is 4.80. The first-order chi connectivity index (χ1) is 8.74. The molecule has 1 aromatic carbocycles. The molecular weight excluding hydrogens is 246 g/mol. The first-order valence-corrected chi connectivity index (χ1v) is 8.06. The summed E-state index contributed by atoms with van der Waals surface area (Å²) in [5.74, 6) is 2.90. The number of nitrogen functional groups attached to an aromatic ring is 1. The molecule has 18 heavy (non-hydrogen) atoms. The van der Waals surface area contributed by atoms with Crippen LogP contribution >= 0.6 is 0 Å². The molecule has 1 aliphatic carbocycles. The maximum atomic E-state index is 11.9. The zero-order valence-corrected chi connectivity index (χ0v) is 11.5. The molecule has 0 amide bonds. The number of hydrogen-bond acceptors (Lipinski definition) is 3. The summed E-state index contributed by atoms with van der Waals surface area (Å²) in [4.78, 5) is 0. The Bertz CT molecular complexity index is 403. The quantitative estimate of drug-likeness (QED) is 0.806. The largest absolute Gasteiger partial charge is 0.493 e. The smallest absolute Gasteiger partial charge is 0.121 e. The highest BCUT2D eigenvalue weighted by Gasteiger charge is 2.17. The Labute approximate surface area is 111 Å². The van der Waals surface area contributed by atoms with Gasteiger partial charge in [-0.1, -0.05) is 18.9 Å². The van der Waals surface area contributed by atoms with E-state index in [-0.39, 0.29) is 0 Å². The fourth-order valence-electron chi connectivity index (χ4n) is 2.38. The molecule has 0 radical (unpaired) electrons. The Hall–Kier alpha value is -1.03. The van der Waals surface area contributed by atoms with E-state index >= 15 is 0 Å². The van der Waals surface area contributed by atoms with Crippen LogP contribution in [0.1, 0.15) is 25.7 Å². The van der Waals surface area contributed by atoms with Crippen LogP contribution in [0.5, 0.6) is 5.75 Å². The van der Waals surface area contributed by atoms with Crippen LogP contribution in [0, 0.1) is 5.92 Å². The van der Waals surface area contributed by atoms with Crippen molar-refractivity contribution in [1.82, 2.24) is 0 Å². The molecule has 0 spiro atoms. The molecule has 1 aliphatic rings. The topological polar surface area (TPSA) is 52.3 Å². The average molecular weight is 267 g/mol. The SMILES string of the molecule is Nc1cccc(OCCS(=O)CC2CCCC2)c1. The fraction of sp³-hybridized carbons (Fsp3) is 0.571. The lowest BCUT2D eigenvalue weighted by molar-refractivity contribution is 0.342. The number of nitrogens with two attached hydrogens (primary N) is 1. The number of benzene rings is 1. The van der Waals surface area contributed by atoms with E-state index in [1.165, 1.54) is 25.7 Å². The van der Waals surface area contributed by atoms with Crippen LogP contribution in [0.25, 0.3) is 0 Å². The van der Waals surface area contributed by atoms with E-state index in [4.69, 9.17) is 10.5 Å². The van der Waals surface area contributed by atoms with Gasteiger partial charge in [-0.25, -0.2) is 0 Å². The molecule has 4 heteroatoms. The van der Waals surface area contributed by atoms with Gasteiger partial charge in [0.25, 0.3) is 0 Å². The molecule has 0 saturated heterocycles. The van der Waals surface area contributed by atoms with Crippen molar-refractivity contribution >= 4 is 16.5 Å². The number of hydrogen-bond donors (Lipinski definition) is 1. The Kier molecular flexibility index (Phi) is 5.05. The molecule has 1 fully saturated rings. The number of ether oxygens (including phenoxy) is 1. The predicted molar refractivity (Wildman–Crippen MR) is 76.2 cm³/mol. The standard InChI is InChI=1S/C14H21NO2S/c15-13-6-3-7-14(10-13)17-8-9-18(16)11-12-4-1-2-5-12/h3,6-7,10,12H,1-2,4-5,8-9,11,15H2. The fourth-order valence-corrected chi connectivity index (χ4v) is 3.68. The molecule has 1 aromatic rings. The zero-order chi connectivity index (χ0) is 12.8. The van der Waals surface area contributed by atoms with Crippen molar-refractivity contribution in [3.05, 3.63) is 24.3 Å². The summed E-state index contributed by atoms with van der Waals surface area (Å²) in [6.45, 7) is 0.503. The molecule has 2 rings (SSSR count). The molecule has 1 saturated carbocycles. The van der Waals surface area contributed by atoms with E-state index in [0.717, 1.165) is 11.5 Å². The zero-order valence-electron chi connectivity index (χ0n) is 10.6. The second-order valence-corrected chi connectivity index (χ2v) is 6.50. The summed E-state index contributed by atoms with van der Waals surface area (Å²) in [6, 6.07) is 7.35. The lowest BCUT2D eigenvalue weighted by atomic mass is 10.1. The molecule has 3 nitrogen and oxygen atoms in total. The van der Waals surface area contributed by atoms with Crippen LogP contribution in [-0.2, 0) is 10.8 Å². The second kappa shape index (κ2) is 6.78. The van der Waals surface area contributed by atoms with Crippen molar-refractivity contribution in [3.8, 4) is 5.75 Å². The van der Waals surface area contributed by atoms with Gasteiger partial charge in [-0.15, -0.1) is 0 Å². The van der Waals surface area contributed by atoms with Gasteiger partial charge in [-0.05, 0) is 30.9 Å². The molecule has 100 valence electrons. The summed E-state index contributed by atoms with van der Waals surface area (Å²) in [5, 5.41) is 0. The van der Waals surface area contributed by atoms with Gasteiger partial charge < -0.3 is 10.5 Å². The Balaban J connectivity index is 1.66. The maximum Gasteiger partial charge on any atom is 0.121 e. The second-order valence-electron chi connectivity index (χ2n) is 4.88. The van der Waals surface area contributed by atoms with Gasteiger partial charge in [-0.2, -0.15) is 0 Å². The van der Waals surface area contributed by atoms with E-state index in [0.29, 0.717) is 24.0 Å². The molecule has 0 aromatic heterocycles. The summed E-state index contributed by atoms with van der Waals surface area (Å²) in [6.07, 6.45) is 5.12. The highest BCUT2D eigenvalue weighted by atomic mass is 32.2. The van der Waals surface area contributed by atoms with Gasteiger partial charge in [0.2, 0.25) is 0 Å². The van der Waals surface area contributed by atoms with Crippen LogP contribution in [-0.4, -0.2) is 22.3 Å². The molecule has 2 N–H and O–H groups in total. The minimum absolute atomic E-state index is 0.503.